The van der Waals surface area contributed by atoms with E-state index in [4.69, 9.17) is 0 Å². The van der Waals surface area contributed by atoms with E-state index in [0.717, 1.165) is 17.1 Å². The van der Waals surface area contributed by atoms with Gasteiger partial charge in [0.05, 0.1) is 15.5 Å². The number of halogens is 1. The van der Waals surface area contributed by atoms with Crippen molar-refractivity contribution < 1.29 is 21.2 Å². The molecule has 140 valence electrons. The third-order valence-electron chi connectivity index (χ3n) is 4.02. The molecule has 1 N–H and O–H groups in total. The molecule has 0 bridgehead atoms. The summed E-state index contributed by atoms with van der Waals surface area (Å²) in [5.74, 6) is -0.458. The number of nitrogens with zero attached hydrogens (tertiary/aromatic N) is 1. The first kappa shape index (κ1) is 18.8. The lowest BCUT2D eigenvalue weighted by Crippen LogP contribution is -2.31. The number of rotatable bonds is 7. The zero-order chi connectivity index (χ0) is 18.9. The standard InChI is InChI=1S/C17H19FN2O4S2/c1-2-20(15-7-3-13(18)4-8-15)26(23,24)17-11-9-16(10-12-17)25(21,22)19-14-5-6-14/h3-4,7-12,14,19H,2,5-6H2,1H3. The molecule has 3 rings (SSSR count). The highest BCUT2D eigenvalue weighted by Gasteiger charge is 2.29. The molecule has 0 radical (unpaired) electrons. The summed E-state index contributed by atoms with van der Waals surface area (Å²) in [5, 5.41) is 0. The van der Waals surface area contributed by atoms with Crippen LogP contribution in [0.4, 0.5) is 10.1 Å². The summed E-state index contributed by atoms with van der Waals surface area (Å²) in [5.41, 5.74) is 0.334. The summed E-state index contributed by atoms with van der Waals surface area (Å²) in [7, 11) is -7.54. The lowest BCUT2D eigenvalue weighted by molar-refractivity contribution is 0.579. The maximum Gasteiger partial charge on any atom is 0.264 e. The minimum Gasteiger partial charge on any atom is -0.267 e. The van der Waals surface area contributed by atoms with Crippen molar-refractivity contribution in [2.24, 2.45) is 0 Å². The van der Waals surface area contributed by atoms with Crippen LogP contribution in [0.2, 0.25) is 0 Å². The van der Waals surface area contributed by atoms with Crippen LogP contribution in [0.5, 0.6) is 0 Å². The van der Waals surface area contributed by atoms with E-state index in [0.29, 0.717) is 5.69 Å². The smallest absolute Gasteiger partial charge is 0.264 e. The second-order valence-corrected chi connectivity index (χ2v) is 9.59. The molecule has 0 spiro atoms. The number of sulfonamides is 2. The van der Waals surface area contributed by atoms with Crippen molar-refractivity contribution >= 4 is 25.7 Å². The van der Waals surface area contributed by atoms with Crippen molar-refractivity contribution in [2.75, 3.05) is 10.8 Å². The Morgan fingerprint density at radius 1 is 0.962 bits per heavy atom. The Labute approximate surface area is 152 Å². The van der Waals surface area contributed by atoms with E-state index in [1.54, 1.807) is 6.92 Å². The van der Waals surface area contributed by atoms with Gasteiger partial charge in [0, 0.05) is 12.6 Å². The Morgan fingerprint density at radius 2 is 1.50 bits per heavy atom. The molecular formula is C17H19FN2O4S2. The number of benzene rings is 2. The van der Waals surface area contributed by atoms with Crippen molar-refractivity contribution in [1.29, 1.82) is 0 Å². The highest BCUT2D eigenvalue weighted by Crippen LogP contribution is 2.26. The van der Waals surface area contributed by atoms with E-state index < -0.39 is 25.9 Å². The van der Waals surface area contributed by atoms with Crippen molar-refractivity contribution in [1.82, 2.24) is 4.72 Å². The molecule has 2 aromatic rings. The van der Waals surface area contributed by atoms with Gasteiger partial charge >= 0.3 is 0 Å². The van der Waals surface area contributed by atoms with Crippen LogP contribution in [0.3, 0.4) is 0 Å². The van der Waals surface area contributed by atoms with Crippen LogP contribution in [0.1, 0.15) is 19.8 Å². The fraction of sp³-hybridized carbons (Fsp3) is 0.294. The normalized spacial score (nSPS) is 15.0. The maximum atomic E-state index is 13.1. The predicted molar refractivity (Wildman–Crippen MR) is 96.4 cm³/mol. The van der Waals surface area contributed by atoms with Gasteiger partial charge in [-0.05, 0) is 68.3 Å². The molecule has 0 unspecified atom stereocenters. The highest BCUT2D eigenvalue weighted by atomic mass is 32.2. The molecule has 0 aliphatic heterocycles. The molecule has 2 aromatic carbocycles. The number of nitrogens with one attached hydrogen (secondary N) is 1. The van der Waals surface area contributed by atoms with Gasteiger partial charge in [-0.15, -0.1) is 0 Å². The first-order valence-electron chi connectivity index (χ1n) is 8.15. The van der Waals surface area contributed by atoms with Gasteiger partial charge in [0.1, 0.15) is 5.82 Å². The predicted octanol–water partition coefficient (Wildman–Crippen LogP) is 2.48. The minimum absolute atomic E-state index is 0.0215. The van der Waals surface area contributed by atoms with Crippen LogP contribution in [0.15, 0.2) is 58.3 Å². The number of anilines is 1. The Morgan fingerprint density at radius 3 is 2.00 bits per heavy atom. The molecule has 1 aliphatic carbocycles. The van der Waals surface area contributed by atoms with E-state index in [2.05, 4.69) is 4.72 Å². The van der Waals surface area contributed by atoms with Crippen LogP contribution in [0, 0.1) is 5.82 Å². The third-order valence-corrected chi connectivity index (χ3v) is 7.48. The molecule has 9 heteroatoms. The Balaban J connectivity index is 1.89. The summed E-state index contributed by atoms with van der Waals surface area (Å²) in [6, 6.07) is 10.2. The second-order valence-electron chi connectivity index (χ2n) is 6.01. The lowest BCUT2D eigenvalue weighted by atomic mass is 10.3. The van der Waals surface area contributed by atoms with Gasteiger partial charge in [0.2, 0.25) is 10.0 Å². The first-order chi connectivity index (χ1) is 12.2. The molecule has 0 amide bonds. The molecule has 0 heterocycles. The van der Waals surface area contributed by atoms with Gasteiger partial charge in [0.15, 0.2) is 0 Å². The van der Waals surface area contributed by atoms with Gasteiger partial charge in [-0.3, -0.25) is 4.31 Å². The van der Waals surface area contributed by atoms with Crippen LogP contribution in [0.25, 0.3) is 0 Å². The van der Waals surface area contributed by atoms with E-state index >= 15 is 0 Å². The fourth-order valence-electron chi connectivity index (χ4n) is 2.51. The van der Waals surface area contributed by atoms with Gasteiger partial charge in [-0.1, -0.05) is 0 Å². The van der Waals surface area contributed by atoms with Gasteiger partial charge in [-0.25, -0.2) is 25.9 Å². The molecule has 6 nitrogen and oxygen atoms in total. The maximum absolute atomic E-state index is 13.1. The van der Waals surface area contributed by atoms with E-state index in [1.807, 2.05) is 0 Å². The monoisotopic (exact) mass is 398 g/mol. The molecular weight excluding hydrogens is 379 g/mol. The minimum atomic E-state index is -3.89. The van der Waals surface area contributed by atoms with E-state index in [-0.39, 0.29) is 22.4 Å². The SMILES string of the molecule is CCN(c1ccc(F)cc1)S(=O)(=O)c1ccc(S(=O)(=O)NC2CC2)cc1. The van der Waals surface area contributed by atoms with Gasteiger partial charge < -0.3 is 0 Å². The van der Waals surface area contributed by atoms with Crippen molar-refractivity contribution in [3.05, 3.63) is 54.3 Å². The molecule has 26 heavy (non-hydrogen) atoms. The quantitative estimate of drug-likeness (QED) is 0.777. The van der Waals surface area contributed by atoms with Crippen molar-refractivity contribution in [3.8, 4) is 0 Å². The second kappa shape index (κ2) is 6.98. The Hall–Kier alpha value is -1.97. The van der Waals surface area contributed by atoms with Crippen molar-refractivity contribution in [2.45, 2.75) is 35.6 Å². The average Bonchev–Trinajstić information content (AvgIpc) is 3.40. The zero-order valence-electron chi connectivity index (χ0n) is 14.1. The largest absolute Gasteiger partial charge is 0.267 e. The molecule has 1 fully saturated rings. The number of hydrogen-bond donors (Lipinski definition) is 1. The molecule has 0 atom stereocenters. The summed E-state index contributed by atoms with van der Waals surface area (Å²) < 4.78 is 66.9. The average molecular weight is 398 g/mol. The third kappa shape index (κ3) is 3.89. The van der Waals surface area contributed by atoms with E-state index in [9.17, 15) is 21.2 Å². The highest BCUT2D eigenvalue weighted by molar-refractivity contribution is 7.92. The Kier molecular flexibility index (Phi) is 5.05. The topological polar surface area (TPSA) is 83.6 Å². The Bertz CT molecular complexity index is 984. The number of hydrogen-bond acceptors (Lipinski definition) is 4. The van der Waals surface area contributed by atoms with Crippen LogP contribution in [-0.4, -0.2) is 29.4 Å². The molecule has 1 saturated carbocycles. The fourth-order valence-corrected chi connectivity index (χ4v) is 5.28. The van der Waals surface area contributed by atoms with Crippen molar-refractivity contribution in [3.63, 3.8) is 0 Å². The molecule has 1 aliphatic rings. The first-order valence-corrected chi connectivity index (χ1v) is 11.1. The molecule has 0 aromatic heterocycles. The summed E-state index contributed by atoms with van der Waals surface area (Å²) in [4.78, 5) is -0.0118. The summed E-state index contributed by atoms with van der Waals surface area (Å²) in [6.07, 6.45) is 1.63. The van der Waals surface area contributed by atoms with Crippen LogP contribution >= 0.6 is 0 Å². The van der Waals surface area contributed by atoms with Crippen LogP contribution in [-0.2, 0) is 20.0 Å². The summed E-state index contributed by atoms with van der Waals surface area (Å²) in [6.45, 7) is 1.82. The lowest BCUT2D eigenvalue weighted by Gasteiger charge is -2.23. The molecule has 0 saturated heterocycles. The summed E-state index contributed by atoms with van der Waals surface area (Å²) >= 11 is 0. The van der Waals surface area contributed by atoms with Gasteiger partial charge in [0.25, 0.3) is 10.0 Å². The van der Waals surface area contributed by atoms with Crippen LogP contribution < -0.4 is 9.03 Å². The van der Waals surface area contributed by atoms with E-state index in [1.165, 1.54) is 48.5 Å². The zero-order valence-corrected chi connectivity index (χ0v) is 15.7. The van der Waals surface area contributed by atoms with Gasteiger partial charge in [-0.2, -0.15) is 0 Å².